The van der Waals surface area contributed by atoms with Gasteiger partial charge in [0.2, 0.25) is 0 Å². The molecule has 7 nitrogen and oxygen atoms in total. The SMILES string of the molecule is C[C@@H](O)[C@](C)(N=[N+]=[N-])C(=O)NO. The normalized spacial score (nSPS) is 17.0. The van der Waals surface area contributed by atoms with Crippen molar-refractivity contribution >= 4 is 5.91 Å². The molecule has 0 aromatic carbocycles. The van der Waals surface area contributed by atoms with Gasteiger partial charge < -0.3 is 5.11 Å². The van der Waals surface area contributed by atoms with E-state index in [1.807, 2.05) is 0 Å². The number of nitrogens with zero attached hydrogens (tertiary/aromatic N) is 3. The molecule has 68 valence electrons. The molecule has 0 radical (unpaired) electrons. The molecule has 0 aliphatic carbocycles. The van der Waals surface area contributed by atoms with Crippen LogP contribution in [0.1, 0.15) is 13.8 Å². The Labute approximate surface area is 68.6 Å². The van der Waals surface area contributed by atoms with Gasteiger partial charge in [0.1, 0.15) is 0 Å². The van der Waals surface area contributed by atoms with Gasteiger partial charge in [-0.25, -0.2) is 5.48 Å². The Morgan fingerprint density at radius 1 is 1.83 bits per heavy atom. The van der Waals surface area contributed by atoms with Crippen LogP contribution in [0, 0.1) is 0 Å². The lowest BCUT2D eigenvalue weighted by Gasteiger charge is -2.23. The summed E-state index contributed by atoms with van der Waals surface area (Å²) in [7, 11) is 0. The first-order valence-electron chi connectivity index (χ1n) is 3.18. The Balaban J connectivity index is 4.85. The Morgan fingerprint density at radius 2 is 2.33 bits per heavy atom. The van der Waals surface area contributed by atoms with E-state index in [0.717, 1.165) is 0 Å². The predicted molar refractivity (Wildman–Crippen MR) is 39.2 cm³/mol. The van der Waals surface area contributed by atoms with E-state index in [-0.39, 0.29) is 0 Å². The van der Waals surface area contributed by atoms with Crippen LogP contribution >= 0.6 is 0 Å². The van der Waals surface area contributed by atoms with Crippen LogP contribution in [0.2, 0.25) is 0 Å². The fraction of sp³-hybridized carbons (Fsp3) is 0.800. The average molecular weight is 174 g/mol. The van der Waals surface area contributed by atoms with E-state index in [0.29, 0.717) is 0 Å². The van der Waals surface area contributed by atoms with Crippen molar-refractivity contribution in [2.75, 3.05) is 0 Å². The molecule has 0 aliphatic rings. The molecule has 0 fully saturated rings. The molecular formula is C5H10N4O3. The zero-order valence-corrected chi connectivity index (χ0v) is 6.72. The van der Waals surface area contributed by atoms with Crippen molar-refractivity contribution in [3.05, 3.63) is 10.4 Å². The largest absolute Gasteiger partial charge is 0.392 e. The van der Waals surface area contributed by atoms with E-state index in [2.05, 4.69) is 10.0 Å². The summed E-state index contributed by atoms with van der Waals surface area (Å²) in [5.41, 5.74) is 7.71. The van der Waals surface area contributed by atoms with E-state index in [9.17, 15) is 4.79 Å². The lowest BCUT2D eigenvalue weighted by molar-refractivity contribution is -0.137. The highest BCUT2D eigenvalue weighted by molar-refractivity contribution is 5.85. The minimum Gasteiger partial charge on any atom is -0.392 e. The van der Waals surface area contributed by atoms with E-state index >= 15 is 0 Å². The van der Waals surface area contributed by atoms with Crippen LogP contribution in [0.25, 0.3) is 10.4 Å². The summed E-state index contributed by atoms with van der Waals surface area (Å²) in [5.74, 6) is -0.949. The van der Waals surface area contributed by atoms with Crippen LogP contribution in [0.5, 0.6) is 0 Å². The maximum Gasteiger partial charge on any atom is 0.257 e. The Bertz CT molecular complexity index is 223. The van der Waals surface area contributed by atoms with Crippen LogP contribution in [0.4, 0.5) is 0 Å². The number of hydrogen-bond donors (Lipinski definition) is 3. The Morgan fingerprint density at radius 3 is 2.58 bits per heavy atom. The second-order valence-electron chi connectivity index (χ2n) is 2.45. The van der Waals surface area contributed by atoms with Gasteiger partial charge in [0.15, 0.2) is 5.54 Å². The smallest absolute Gasteiger partial charge is 0.257 e. The van der Waals surface area contributed by atoms with Crippen LogP contribution < -0.4 is 5.48 Å². The number of hydroxylamine groups is 1. The zero-order chi connectivity index (χ0) is 9.78. The molecular weight excluding hydrogens is 164 g/mol. The molecule has 0 saturated carbocycles. The first kappa shape index (κ1) is 10.7. The third kappa shape index (κ3) is 1.85. The van der Waals surface area contributed by atoms with Gasteiger partial charge in [0.05, 0.1) is 6.10 Å². The molecule has 0 saturated heterocycles. The predicted octanol–water partition coefficient (Wildman–Crippen LogP) is -0.0584. The number of amides is 1. The van der Waals surface area contributed by atoms with Gasteiger partial charge in [-0.2, -0.15) is 0 Å². The van der Waals surface area contributed by atoms with E-state index in [1.165, 1.54) is 19.3 Å². The van der Waals surface area contributed by atoms with Crippen LogP contribution in [-0.4, -0.2) is 27.9 Å². The van der Waals surface area contributed by atoms with Gasteiger partial charge in [-0.3, -0.25) is 10.0 Å². The minimum absolute atomic E-state index is 0.949. The van der Waals surface area contributed by atoms with Crippen molar-refractivity contribution in [1.82, 2.24) is 5.48 Å². The van der Waals surface area contributed by atoms with Gasteiger partial charge in [-0.05, 0) is 19.4 Å². The van der Waals surface area contributed by atoms with Crippen LogP contribution in [-0.2, 0) is 4.79 Å². The fourth-order valence-electron chi connectivity index (χ4n) is 0.525. The lowest BCUT2D eigenvalue weighted by Crippen LogP contribution is -2.49. The Hall–Kier alpha value is -1.30. The first-order valence-corrected chi connectivity index (χ1v) is 3.18. The lowest BCUT2D eigenvalue weighted by atomic mass is 9.96. The molecule has 0 aliphatic heterocycles. The molecule has 7 heteroatoms. The number of hydrogen-bond acceptors (Lipinski definition) is 4. The summed E-state index contributed by atoms with van der Waals surface area (Å²) in [6.07, 6.45) is -1.18. The highest BCUT2D eigenvalue weighted by Crippen LogP contribution is 2.15. The Kier molecular flexibility index (Phi) is 3.49. The van der Waals surface area contributed by atoms with Crippen molar-refractivity contribution in [3.8, 4) is 0 Å². The van der Waals surface area contributed by atoms with Crippen molar-refractivity contribution in [3.63, 3.8) is 0 Å². The highest BCUT2D eigenvalue weighted by Gasteiger charge is 2.37. The summed E-state index contributed by atoms with van der Waals surface area (Å²) in [6.45, 7) is 2.49. The van der Waals surface area contributed by atoms with Crippen LogP contribution in [0.3, 0.4) is 0 Å². The van der Waals surface area contributed by atoms with Gasteiger partial charge in [-0.15, -0.1) is 0 Å². The number of carbonyl (C=O) groups excluding carboxylic acids is 1. The van der Waals surface area contributed by atoms with E-state index in [1.54, 1.807) is 0 Å². The number of azide groups is 1. The molecule has 0 rings (SSSR count). The summed E-state index contributed by atoms with van der Waals surface area (Å²) in [4.78, 5) is 13.3. The van der Waals surface area contributed by atoms with Gasteiger partial charge in [0.25, 0.3) is 5.91 Å². The molecule has 0 spiro atoms. The number of nitrogens with one attached hydrogen (secondary N) is 1. The topological polar surface area (TPSA) is 118 Å². The second-order valence-corrected chi connectivity index (χ2v) is 2.45. The minimum atomic E-state index is -1.68. The second kappa shape index (κ2) is 3.91. The highest BCUT2D eigenvalue weighted by atomic mass is 16.5. The van der Waals surface area contributed by atoms with Gasteiger partial charge in [0, 0.05) is 4.91 Å². The maximum absolute atomic E-state index is 10.9. The van der Waals surface area contributed by atoms with Crippen LogP contribution in [0.15, 0.2) is 5.11 Å². The summed E-state index contributed by atoms with van der Waals surface area (Å²) < 4.78 is 0. The zero-order valence-electron chi connectivity index (χ0n) is 6.72. The summed E-state index contributed by atoms with van der Waals surface area (Å²) in [6, 6.07) is 0. The summed E-state index contributed by atoms with van der Waals surface area (Å²) in [5, 5.41) is 20.4. The van der Waals surface area contributed by atoms with E-state index in [4.69, 9.17) is 15.8 Å². The quantitative estimate of drug-likeness (QED) is 0.183. The first-order chi connectivity index (χ1) is 5.49. The van der Waals surface area contributed by atoms with Gasteiger partial charge >= 0.3 is 0 Å². The molecule has 0 aromatic heterocycles. The average Bonchev–Trinajstić information content (AvgIpc) is 2.03. The van der Waals surface area contributed by atoms with Crippen molar-refractivity contribution < 1.29 is 15.1 Å². The van der Waals surface area contributed by atoms with Crippen molar-refractivity contribution in [1.29, 1.82) is 0 Å². The van der Waals surface area contributed by atoms with E-state index < -0.39 is 17.6 Å². The number of rotatable bonds is 3. The monoisotopic (exact) mass is 174 g/mol. The number of aliphatic hydroxyl groups is 1. The third-order valence-corrected chi connectivity index (χ3v) is 1.63. The molecule has 1 amide bonds. The molecule has 12 heavy (non-hydrogen) atoms. The molecule has 0 bridgehead atoms. The standard InChI is InChI=1S/C5H10N4O3/c1-3(10)5(2,8-9-6)4(11)7-12/h3,10,12H,1-2H3,(H,7,11)/t3-,5+/m1/s1. The number of carbonyl (C=O) groups is 1. The van der Waals surface area contributed by atoms with Crippen molar-refractivity contribution in [2.24, 2.45) is 5.11 Å². The van der Waals surface area contributed by atoms with Crippen molar-refractivity contribution in [2.45, 2.75) is 25.5 Å². The molecule has 2 atom stereocenters. The maximum atomic E-state index is 10.9. The summed E-state index contributed by atoms with van der Waals surface area (Å²) >= 11 is 0. The molecule has 3 N–H and O–H groups in total. The molecule has 0 heterocycles. The fourth-order valence-corrected chi connectivity index (χ4v) is 0.525. The van der Waals surface area contributed by atoms with Gasteiger partial charge in [-0.1, -0.05) is 5.11 Å². The molecule has 0 unspecified atom stereocenters. The third-order valence-electron chi connectivity index (χ3n) is 1.63. The molecule has 0 aromatic rings. The number of aliphatic hydroxyl groups excluding tert-OH is 1.